The first-order valence-electron chi connectivity index (χ1n) is 6.83. The Labute approximate surface area is 129 Å². The molecule has 1 heterocycles. The van der Waals surface area contributed by atoms with E-state index in [2.05, 4.69) is 35.4 Å². The zero-order valence-corrected chi connectivity index (χ0v) is 12.5. The van der Waals surface area contributed by atoms with Gasteiger partial charge in [-0.15, -0.1) is 0 Å². The molecule has 0 aliphatic heterocycles. The normalized spacial score (nSPS) is 12.1. The van der Waals surface area contributed by atoms with E-state index in [1.807, 2.05) is 41.1 Å². The highest BCUT2D eigenvalue weighted by Crippen LogP contribution is 2.22. The monoisotopic (exact) mass is 297 g/mol. The van der Waals surface area contributed by atoms with Crippen LogP contribution in [-0.2, 0) is 0 Å². The van der Waals surface area contributed by atoms with Crippen LogP contribution in [0.2, 0.25) is 5.02 Å². The van der Waals surface area contributed by atoms with E-state index in [0.717, 1.165) is 16.4 Å². The van der Waals surface area contributed by atoms with Gasteiger partial charge in [0, 0.05) is 34.8 Å². The number of aromatic nitrogens is 2. The van der Waals surface area contributed by atoms with Crippen molar-refractivity contribution in [3.63, 3.8) is 0 Å². The summed E-state index contributed by atoms with van der Waals surface area (Å²) in [6, 6.07) is 16.4. The summed E-state index contributed by atoms with van der Waals surface area (Å²) in [5.74, 6) is 0. The summed E-state index contributed by atoms with van der Waals surface area (Å²) in [6.07, 6.45) is 5.50. The van der Waals surface area contributed by atoms with Crippen molar-refractivity contribution in [3.8, 4) is 5.69 Å². The van der Waals surface area contributed by atoms with E-state index >= 15 is 0 Å². The molecule has 3 nitrogen and oxygen atoms in total. The Hall–Kier alpha value is -2.26. The molecule has 2 aromatic carbocycles. The van der Waals surface area contributed by atoms with Crippen LogP contribution in [0.5, 0.6) is 0 Å². The quantitative estimate of drug-likeness (QED) is 0.756. The standard InChI is InChI=1S/C17H16ClN3/c1-13(14-5-7-15(18)8-6-14)20-16-3-2-4-17(11-16)21-10-9-19-12-21/h2-13,20H,1H3. The minimum absolute atomic E-state index is 0.209. The molecule has 0 spiro atoms. The van der Waals surface area contributed by atoms with Gasteiger partial charge in [-0.1, -0.05) is 29.8 Å². The maximum atomic E-state index is 5.93. The fraction of sp³-hybridized carbons (Fsp3) is 0.118. The molecule has 0 amide bonds. The molecule has 0 fully saturated rings. The van der Waals surface area contributed by atoms with E-state index in [4.69, 9.17) is 11.6 Å². The van der Waals surface area contributed by atoms with E-state index in [1.54, 1.807) is 12.5 Å². The van der Waals surface area contributed by atoms with Gasteiger partial charge in [0.1, 0.15) is 0 Å². The summed E-state index contributed by atoms with van der Waals surface area (Å²) in [5.41, 5.74) is 3.36. The predicted molar refractivity (Wildman–Crippen MR) is 87.1 cm³/mol. The fourth-order valence-electron chi connectivity index (χ4n) is 2.25. The van der Waals surface area contributed by atoms with Gasteiger partial charge in [0.15, 0.2) is 0 Å². The molecule has 1 aromatic heterocycles. The molecule has 0 bridgehead atoms. The van der Waals surface area contributed by atoms with Crippen molar-refractivity contribution >= 4 is 17.3 Å². The Kier molecular flexibility index (Phi) is 3.93. The lowest BCUT2D eigenvalue weighted by atomic mass is 10.1. The van der Waals surface area contributed by atoms with Crippen LogP contribution < -0.4 is 5.32 Å². The van der Waals surface area contributed by atoms with Crippen LogP contribution in [0.1, 0.15) is 18.5 Å². The first-order valence-corrected chi connectivity index (χ1v) is 7.20. The third-order valence-corrected chi connectivity index (χ3v) is 3.65. The van der Waals surface area contributed by atoms with Gasteiger partial charge in [-0.2, -0.15) is 0 Å². The van der Waals surface area contributed by atoms with Crippen LogP contribution in [-0.4, -0.2) is 9.55 Å². The number of imidazole rings is 1. The number of halogens is 1. The number of hydrogen-bond donors (Lipinski definition) is 1. The van der Waals surface area contributed by atoms with E-state index in [9.17, 15) is 0 Å². The summed E-state index contributed by atoms with van der Waals surface area (Å²) in [4.78, 5) is 4.08. The third kappa shape index (κ3) is 3.26. The van der Waals surface area contributed by atoms with Crippen molar-refractivity contribution in [2.45, 2.75) is 13.0 Å². The van der Waals surface area contributed by atoms with Crippen molar-refractivity contribution in [1.82, 2.24) is 9.55 Å². The first-order chi connectivity index (χ1) is 10.2. The highest BCUT2D eigenvalue weighted by Gasteiger charge is 2.06. The number of rotatable bonds is 4. The molecule has 0 saturated carbocycles. The topological polar surface area (TPSA) is 29.9 Å². The van der Waals surface area contributed by atoms with Crippen LogP contribution in [0.15, 0.2) is 67.3 Å². The van der Waals surface area contributed by atoms with Gasteiger partial charge in [0.25, 0.3) is 0 Å². The lowest BCUT2D eigenvalue weighted by Gasteiger charge is -2.16. The summed E-state index contributed by atoms with van der Waals surface area (Å²) in [6.45, 7) is 2.13. The molecule has 1 unspecified atom stereocenters. The maximum absolute atomic E-state index is 5.93. The van der Waals surface area contributed by atoms with Crippen molar-refractivity contribution in [1.29, 1.82) is 0 Å². The van der Waals surface area contributed by atoms with Gasteiger partial charge in [0.2, 0.25) is 0 Å². The van der Waals surface area contributed by atoms with Crippen LogP contribution in [0.4, 0.5) is 5.69 Å². The number of anilines is 1. The summed E-state index contributed by atoms with van der Waals surface area (Å²) in [5, 5.41) is 4.26. The Morgan fingerprint density at radius 3 is 2.67 bits per heavy atom. The maximum Gasteiger partial charge on any atom is 0.0991 e. The average Bonchev–Trinajstić information content (AvgIpc) is 3.02. The van der Waals surface area contributed by atoms with E-state index in [1.165, 1.54) is 5.56 Å². The molecule has 0 radical (unpaired) electrons. The number of nitrogens with zero attached hydrogens (tertiary/aromatic N) is 2. The second-order valence-corrected chi connectivity index (χ2v) is 5.37. The molecule has 0 aliphatic carbocycles. The van der Waals surface area contributed by atoms with Gasteiger partial charge in [-0.25, -0.2) is 4.98 Å². The highest BCUT2D eigenvalue weighted by molar-refractivity contribution is 6.30. The minimum Gasteiger partial charge on any atom is -0.378 e. The van der Waals surface area contributed by atoms with Crippen molar-refractivity contribution in [2.75, 3.05) is 5.32 Å². The van der Waals surface area contributed by atoms with Gasteiger partial charge in [-0.05, 0) is 42.8 Å². The SMILES string of the molecule is CC(Nc1cccc(-n2ccnc2)c1)c1ccc(Cl)cc1. The van der Waals surface area contributed by atoms with Crippen LogP contribution in [0.25, 0.3) is 5.69 Å². The molecule has 0 saturated heterocycles. The number of hydrogen-bond acceptors (Lipinski definition) is 2. The first kappa shape index (κ1) is 13.7. The predicted octanol–water partition coefficient (Wildman–Crippen LogP) is 4.70. The highest BCUT2D eigenvalue weighted by atomic mass is 35.5. The van der Waals surface area contributed by atoms with Crippen molar-refractivity contribution in [3.05, 3.63) is 77.8 Å². The smallest absolute Gasteiger partial charge is 0.0991 e. The molecule has 106 valence electrons. The van der Waals surface area contributed by atoms with Crippen LogP contribution in [0.3, 0.4) is 0 Å². The lowest BCUT2D eigenvalue weighted by Crippen LogP contribution is -2.06. The lowest BCUT2D eigenvalue weighted by molar-refractivity contribution is 0.884. The minimum atomic E-state index is 0.209. The average molecular weight is 298 g/mol. The van der Waals surface area contributed by atoms with Gasteiger partial charge >= 0.3 is 0 Å². The number of benzene rings is 2. The van der Waals surface area contributed by atoms with E-state index in [-0.39, 0.29) is 6.04 Å². The molecular formula is C17H16ClN3. The molecule has 4 heteroatoms. The van der Waals surface area contributed by atoms with Gasteiger partial charge in [-0.3, -0.25) is 0 Å². The second kappa shape index (κ2) is 6.02. The Morgan fingerprint density at radius 1 is 1.14 bits per heavy atom. The summed E-state index contributed by atoms with van der Waals surface area (Å²) >= 11 is 5.93. The van der Waals surface area contributed by atoms with Crippen molar-refractivity contribution in [2.24, 2.45) is 0 Å². The Bertz CT molecular complexity index is 705. The third-order valence-electron chi connectivity index (χ3n) is 3.40. The van der Waals surface area contributed by atoms with Crippen LogP contribution >= 0.6 is 11.6 Å². The zero-order valence-electron chi connectivity index (χ0n) is 11.7. The molecule has 21 heavy (non-hydrogen) atoms. The van der Waals surface area contributed by atoms with E-state index < -0.39 is 0 Å². The largest absolute Gasteiger partial charge is 0.378 e. The Balaban J connectivity index is 1.78. The summed E-state index contributed by atoms with van der Waals surface area (Å²) < 4.78 is 1.98. The van der Waals surface area contributed by atoms with Gasteiger partial charge < -0.3 is 9.88 Å². The summed E-state index contributed by atoms with van der Waals surface area (Å²) in [7, 11) is 0. The fourth-order valence-corrected chi connectivity index (χ4v) is 2.38. The van der Waals surface area contributed by atoms with E-state index in [0.29, 0.717) is 0 Å². The molecule has 1 N–H and O–H groups in total. The van der Waals surface area contributed by atoms with Gasteiger partial charge in [0.05, 0.1) is 6.33 Å². The number of nitrogens with one attached hydrogen (secondary N) is 1. The molecule has 0 aliphatic rings. The Morgan fingerprint density at radius 2 is 1.95 bits per heavy atom. The van der Waals surface area contributed by atoms with Crippen molar-refractivity contribution < 1.29 is 0 Å². The van der Waals surface area contributed by atoms with Crippen LogP contribution in [0, 0.1) is 0 Å². The molecular weight excluding hydrogens is 282 g/mol. The zero-order chi connectivity index (χ0) is 14.7. The molecule has 1 atom stereocenters. The second-order valence-electron chi connectivity index (χ2n) is 4.94. The molecule has 3 rings (SSSR count). The molecule has 3 aromatic rings.